The van der Waals surface area contributed by atoms with Gasteiger partial charge in [-0.2, -0.15) is 0 Å². The topological polar surface area (TPSA) is 0 Å². The van der Waals surface area contributed by atoms with Crippen molar-refractivity contribution in [3.05, 3.63) is 24.8 Å². The minimum Gasteiger partial charge on any atom is -0.106 e. The summed E-state index contributed by atoms with van der Waals surface area (Å²) in [5.74, 6) is 0.806. The van der Waals surface area contributed by atoms with Crippen molar-refractivity contribution in [2.45, 2.75) is 34.1 Å². The Morgan fingerprint density at radius 1 is 1.45 bits per heavy atom. The van der Waals surface area contributed by atoms with Crippen molar-refractivity contribution in [1.82, 2.24) is 0 Å². The summed E-state index contributed by atoms with van der Waals surface area (Å²) in [5, 5.41) is 0. The molecule has 0 aromatic carbocycles. The van der Waals surface area contributed by atoms with Crippen LogP contribution in [0, 0.1) is 11.3 Å². The van der Waals surface area contributed by atoms with Gasteiger partial charge in [0.2, 0.25) is 0 Å². The Kier molecular flexibility index (Phi) is 3.57. The van der Waals surface area contributed by atoms with Gasteiger partial charge in [-0.3, -0.25) is 0 Å². The van der Waals surface area contributed by atoms with E-state index in [2.05, 4.69) is 46.9 Å². The Labute approximate surface area is 71.0 Å². The monoisotopic (exact) mass is 152 g/mol. The van der Waals surface area contributed by atoms with Crippen LogP contribution < -0.4 is 0 Å². The van der Waals surface area contributed by atoms with Crippen LogP contribution in [0.3, 0.4) is 0 Å². The van der Waals surface area contributed by atoms with Gasteiger partial charge in [0.25, 0.3) is 0 Å². The summed E-state index contributed by atoms with van der Waals surface area (Å²) < 4.78 is 0. The second kappa shape index (κ2) is 3.75. The molecule has 0 N–H and O–H groups in total. The quantitative estimate of drug-likeness (QED) is 0.463. The van der Waals surface area contributed by atoms with E-state index in [4.69, 9.17) is 0 Å². The van der Waals surface area contributed by atoms with Crippen molar-refractivity contribution in [2.75, 3.05) is 0 Å². The molecule has 1 atom stereocenters. The first-order chi connectivity index (χ1) is 5.02. The fourth-order valence-corrected chi connectivity index (χ4v) is 1.68. The molecule has 0 aliphatic heterocycles. The van der Waals surface area contributed by atoms with Crippen LogP contribution in [0.2, 0.25) is 0 Å². The molecule has 0 amide bonds. The Morgan fingerprint density at radius 3 is 2.00 bits per heavy atom. The van der Waals surface area contributed by atoms with Crippen LogP contribution in [0.25, 0.3) is 0 Å². The summed E-state index contributed by atoms with van der Waals surface area (Å²) in [6.45, 7) is 15.2. The van der Waals surface area contributed by atoms with Crippen molar-refractivity contribution in [1.29, 1.82) is 0 Å². The van der Waals surface area contributed by atoms with Gasteiger partial charge in [0, 0.05) is 0 Å². The number of allylic oxidation sites excluding steroid dienone is 2. The minimum absolute atomic E-state index is 0.486. The lowest BCUT2D eigenvalue weighted by Crippen LogP contribution is -2.08. The van der Waals surface area contributed by atoms with Gasteiger partial charge < -0.3 is 0 Å². The third-order valence-corrected chi connectivity index (χ3v) is 2.43. The van der Waals surface area contributed by atoms with E-state index in [1.54, 1.807) is 5.57 Å². The lowest BCUT2D eigenvalue weighted by atomic mass is 9.86. The molecule has 0 fully saturated rings. The molecule has 0 heteroatoms. The maximum Gasteiger partial charge on any atom is -0.0142 e. The standard InChI is InChI=1S/C9H16.C2H4/c1-7-5-8(2)9(3,4)6-7;1-2/h5,7H,6H2,1-4H3;1-2H2. The van der Waals surface area contributed by atoms with Crippen LogP contribution in [0.5, 0.6) is 0 Å². The molecule has 0 bridgehead atoms. The van der Waals surface area contributed by atoms with Gasteiger partial charge in [-0.1, -0.05) is 32.4 Å². The summed E-state index contributed by atoms with van der Waals surface area (Å²) >= 11 is 0. The van der Waals surface area contributed by atoms with Gasteiger partial charge in [0.1, 0.15) is 0 Å². The molecule has 0 heterocycles. The summed E-state index contributed by atoms with van der Waals surface area (Å²) in [7, 11) is 0. The van der Waals surface area contributed by atoms with Crippen LogP contribution in [0.15, 0.2) is 24.8 Å². The third-order valence-electron chi connectivity index (χ3n) is 2.43. The summed E-state index contributed by atoms with van der Waals surface area (Å²) in [4.78, 5) is 0. The van der Waals surface area contributed by atoms with Gasteiger partial charge in [-0.05, 0) is 24.7 Å². The van der Waals surface area contributed by atoms with E-state index in [0.29, 0.717) is 5.41 Å². The average Bonchev–Trinajstić information content (AvgIpc) is 2.10. The fraction of sp³-hybridized carbons (Fsp3) is 0.636. The van der Waals surface area contributed by atoms with E-state index in [1.807, 2.05) is 0 Å². The van der Waals surface area contributed by atoms with E-state index in [9.17, 15) is 0 Å². The molecule has 0 saturated heterocycles. The zero-order chi connectivity index (χ0) is 9.07. The molecule has 1 aliphatic rings. The maximum absolute atomic E-state index is 3.00. The molecule has 0 aromatic heterocycles. The molecule has 11 heavy (non-hydrogen) atoms. The van der Waals surface area contributed by atoms with Crippen molar-refractivity contribution >= 4 is 0 Å². The zero-order valence-corrected chi connectivity index (χ0v) is 8.28. The van der Waals surface area contributed by atoms with Crippen molar-refractivity contribution in [2.24, 2.45) is 11.3 Å². The van der Waals surface area contributed by atoms with Crippen molar-refractivity contribution in [3.8, 4) is 0 Å². The van der Waals surface area contributed by atoms with Gasteiger partial charge >= 0.3 is 0 Å². The van der Waals surface area contributed by atoms with Gasteiger partial charge in [-0.15, -0.1) is 13.2 Å². The second-order valence-corrected chi connectivity index (χ2v) is 3.91. The predicted molar refractivity (Wildman–Crippen MR) is 52.6 cm³/mol. The van der Waals surface area contributed by atoms with Crippen molar-refractivity contribution in [3.63, 3.8) is 0 Å². The zero-order valence-electron chi connectivity index (χ0n) is 8.28. The van der Waals surface area contributed by atoms with Gasteiger partial charge in [0.15, 0.2) is 0 Å². The molecule has 0 radical (unpaired) electrons. The molecule has 0 saturated carbocycles. The molecule has 0 aromatic rings. The second-order valence-electron chi connectivity index (χ2n) is 3.91. The molecule has 1 unspecified atom stereocenters. The van der Waals surface area contributed by atoms with Gasteiger partial charge in [-0.25, -0.2) is 0 Å². The Bertz CT molecular complexity index is 151. The van der Waals surface area contributed by atoms with Crippen LogP contribution in [0.4, 0.5) is 0 Å². The summed E-state index contributed by atoms with van der Waals surface area (Å²) in [5.41, 5.74) is 2.05. The first-order valence-electron chi connectivity index (χ1n) is 4.21. The summed E-state index contributed by atoms with van der Waals surface area (Å²) in [6.07, 6.45) is 3.72. The van der Waals surface area contributed by atoms with E-state index in [0.717, 1.165) is 5.92 Å². The van der Waals surface area contributed by atoms with Crippen LogP contribution in [-0.4, -0.2) is 0 Å². The molecular formula is C11H20. The number of hydrogen-bond acceptors (Lipinski definition) is 0. The van der Waals surface area contributed by atoms with Crippen LogP contribution >= 0.6 is 0 Å². The lowest BCUT2D eigenvalue weighted by molar-refractivity contribution is 0.403. The van der Waals surface area contributed by atoms with Crippen molar-refractivity contribution < 1.29 is 0 Å². The Morgan fingerprint density at radius 2 is 1.91 bits per heavy atom. The maximum atomic E-state index is 3.00. The highest BCUT2D eigenvalue weighted by Crippen LogP contribution is 2.40. The minimum atomic E-state index is 0.486. The highest BCUT2D eigenvalue weighted by atomic mass is 14.3. The SMILES string of the molecule is C=C.CC1=CC(C)CC1(C)C. The molecular weight excluding hydrogens is 132 g/mol. The van der Waals surface area contributed by atoms with Crippen LogP contribution in [-0.2, 0) is 0 Å². The molecule has 64 valence electrons. The number of rotatable bonds is 0. The first-order valence-corrected chi connectivity index (χ1v) is 4.21. The van der Waals surface area contributed by atoms with E-state index in [1.165, 1.54) is 6.42 Å². The molecule has 1 aliphatic carbocycles. The molecule has 1 rings (SSSR count). The molecule has 0 spiro atoms. The fourth-order valence-electron chi connectivity index (χ4n) is 1.68. The Hall–Kier alpha value is -0.520. The average molecular weight is 152 g/mol. The normalized spacial score (nSPS) is 26.9. The predicted octanol–water partition coefficient (Wildman–Crippen LogP) is 3.80. The van der Waals surface area contributed by atoms with Crippen LogP contribution in [0.1, 0.15) is 34.1 Å². The smallest absolute Gasteiger partial charge is 0.0142 e. The third kappa shape index (κ3) is 2.53. The summed E-state index contributed by atoms with van der Waals surface area (Å²) in [6, 6.07) is 0. The Balaban J connectivity index is 0.000000461. The van der Waals surface area contributed by atoms with E-state index < -0.39 is 0 Å². The van der Waals surface area contributed by atoms with E-state index in [-0.39, 0.29) is 0 Å². The highest BCUT2D eigenvalue weighted by molar-refractivity contribution is 5.17. The van der Waals surface area contributed by atoms with E-state index >= 15 is 0 Å². The molecule has 0 nitrogen and oxygen atoms in total. The number of hydrogen-bond donors (Lipinski definition) is 0. The highest BCUT2D eigenvalue weighted by Gasteiger charge is 2.27. The van der Waals surface area contributed by atoms with Gasteiger partial charge in [0.05, 0.1) is 0 Å². The first kappa shape index (κ1) is 10.5. The lowest BCUT2D eigenvalue weighted by Gasteiger charge is -2.19. The largest absolute Gasteiger partial charge is 0.106 e.